The van der Waals surface area contributed by atoms with E-state index in [1.54, 1.807) is 47.8 Å². The van der Waals surface area contributed by atoms with Crippen molar-refractivity contribution in [2.45, 2.75) is 37.8 Å². The molecule has 9 nitrogen and oxygen atoms in total. The van der Waals surface area contributed by atoms with Crippen LogP contribution in [0.25, 0.3) is 0 Å². The smallest absolute Gasteiger partial charge is 0.462 e. The van der Waals surface area contributed by atoms with E-state index in [4.69, 9.17) is 13.6 Å². The second-order valence-corrected chi connectivity index (χ2v) is 14.8. The Morgan fingerprint density at radius 1 is 0.667 bits per heavy atom. The van der Waals surface area contributed by atoms with Crippen molar-refractivity contribution >= 4 is 53.1 Å². The zero-order valence-electron chi connectivity index (χ0n) is 18.4. The molecule has 1 aliphatic rings. The molecule has 0 aliphatic carbocycles. The molecule has 0 saturated heterocycles. The fraction of sp³-hybridized carbons (Fsp3) is 0.600. The monoisotopic (exact) mass is 536 g/mol. The van der Waals surface area contributed by atoms with Crippen LogP contribution in [0.15, 0.2) is 24.3 Å². The molecule has 1 aromatic carbocycles. The lowest BCUT2D eigenvalue weighted by molar-refractivity contribution is 0.0459. The number of carbonyl (C=O) groups excluding carboxylic acids is 2. The third-order valence-electron chi connectivity index (χ3n) is 4.61. The summed E-state index contributed by atoms with van der Waals surface area (Å²) in [6.45, 7) is 0.384. The van der Waals surface area contributed by atoms with Gasteiger partial charge in [0.1, 0.15) is 0 Å². The molecule has 13 heteroatoms. The summed E-state index contributed by atoms with van der Waals surface area (Å²) < 4.78 is 15.6. The van der Waals surface area contributed by atoms with Crippen LogP contribution in [0.4, 0.5) is 0 Å². The molecule has 4 N–H and O–H groups in total. The molecular formula is C20H32O9S2Si2. The largest absolute Gasteiger partial charge is 0.488 e. The number of ether oxygens (including phenoxy) is 2. The standard InChI is InChI=1S/C20H32O9S2Si2/c21-19-17-7-1-2-8-18(17)20(22)28-10-4-12-31-14-6-16-33(25,26)29-32(23,24)15-5-13-30-11-3-9-27-19/h1-2,7-8,23-26H,3-6,9-16H2. The van der Waals surface area contributed by atoms with Crippen molar-refractivity contribution in [1.29, 1.82) is 0 Å². The van der Waals surface area contributed by atoms with Crippen LogP contribution in [0.2, 0.25) is 12.1 Å². The molecular weight excluding hydrogens is 505 g/mol. The van der Waals surface area contributed by atoms with Gasteiger partial charge in [0.2, 0.25) is 0 Å². The molecule has 0 aromatic heterocycles. The van der Waals surface area contributed by atoms with E-state index in [9.17, 15) is 28.8 Å². The summed E-state index contributed by atoms with van der Waals surface area (Å²) in [5.74, 6) is 1.50. The van der Waals surface area contributed by atoms with Crippen molar-refractivity contribution in [2.24, 2.45) is 0 Å². The molecule has 0 fully saturated rings. The van der Waals surface area contributed by atoms with Gasteiger partial charge in [0.05, 0.1) is 24.3 Å². The van der Waals surface area contributed by atoms with Crippen LogP contribution >= 0.6 is 23.5 Å². The highest BCUT2D eigenvalue weighted by Gasteiger charge is 2.44. The number of fused-ring (bicyclic) bond motifs is 1. The van der Waals surface area contributed by atoms with Crippen LogP contribution in [0.5, 0.6) is 0 Å². The maximum absolute atomic E-state index is 12.4. The highest BCUT2D eigenvalue weighted by Crippen LogP contribution is 2.20. The number of cyclic esters (lactones) is 2. The zero-order chi connectivity index (χ0) is 24.2. The van der Waals surface area contributed by atoms with Crippen molar-refractivity contribution in [3.8, 4) is 0 Å². The Kier molecular flexibility index (Phi) is 12.4. The van der Waals surface area contributed by atoms with Gasteiger partial charge >= 0.3 is 29.5 Å². The predicted octanol–water partition coefficient (Wildman–Crippen LogP) is 1.90. The van der Waals surface area contributed by atoms with Gasteiger partial charge in [-0.3, -0.25) is 0 Å². The second kappa shape index (κ2) is 14.5. The predicted molar refractivity (Wildman–Crippen MR) is 131 cm³/mol. The fourth-order valence-electron chi connectivity index (χ4n) is 3.02. The Morgan fingerprint density at radius 3 is 1.48 bits per heavy atom. The van der Waals surface area contributed by atoms with Crippen LogP contribution in [0, 0.1) is 0 Å². The maximum atomic E-state index is 12.4. The van der Waals surface area contributed by atoms with Gasteiger partial charge in [0.15, 0.2) is 0 Å². The average molecular weight is 537 g/mol. The zero-order valence-corrected chi connectivity index (χ0v) is 22.1. The third-order valence-corrected chi connectivity index (χ3v) is 11.5. The third kappa shape index (κ3) is 11.4. The first-order valence-corrected chi connectivity index (χ1v) is 17.2. The molecule has 0 atom stereocenters. The molecule has 33 heavy (non-hydrogen) atoms. The first-order chi connectivity index (χ1) is 15.7. The molecule has 1 heterocycles. The van der Waals surface area contributed by atoms with Gasteiger partial charge in [0, 0.05) is 12.1 Å². The average Bonchev–Trinajstić information content (AvgIpc) is 2.75. The summed E-state index contributed by atoms with van der Waals surface area (Å²) in [4.78, 5) is 65.1. The number of hydrogen-bond donors (Lipinski definition) is 4. The SMILES string of the molecule is O=C1OCCCSCCC[Si](O)(O)O[Si](O)(O)CCCSCCCOC(=O)c2ccccc21. The Hall–Kier alpha value is -0.906. The van der Waals surface area contributed by atoms with E-state index in [2.05, 4.69) is 0 Å². The van der Waals surface area contributed by atoms with Gasteiger partial charge in [-0.1, -0.05) is 12.1 Å². The van der Waals surface area contributed by atoms with Crippen molar-refractivity contribution < 1.29 is 42.4 Å². The van der Waals surface area contributed by atoms with E-state index in [1.807, 2.05) is 0 Å². The highest BCUT2D eigenvalue weighted by atomic mass is 32.2. The number of rotatable bonds is 0. The van der Waals surface area contributed by atoms with E-state index < -0.39 is 29.5 Å². The molecule has 0 amide bonds. The molecule has 1 aliphatic heterocycles. The Bertz CT molecular complexity index is 704. The minimum atomic E-state index is -4.13. The van der Waals surface area contributed by atoms with Gasteiger partial charge < -0.3 is 32.8 Å². The van der Waals surface area contributed by atoms with E-state index in [0.29, 0.717) is 48.7 Å². The van der Waals surface area contributed by atoms with Gasteiger partial charge in [-0.25, -0.2) is 9.59 Å². The summed E-state index contributed by atoms with van der Waals surface area (Å²) >= 11 is 3.12. The Morgan fingerprint density at radius 2 is 1.06 bits per heavy atom. The Balaban J connectivity index is 1.94. The lowest BCUT2D eigenvalue weighted by Gasteiger charge is -2.25. The molecule has 186 valence electrons. The summed E-state index contributed by atoms with van der Waals surface area (Å²) in [5, 5.41) is 0. The lowest BCUT2D eigenvalue weighted by Crippen LogP contribution is -2.53. The van der Waals surface area contributed by atoms with E-state index in [-0.39, 0.29) is 36.4 Å². The van der Waals surface area contributed by atoms with Crippen molar-refractivity contribution in [3.05, 3.63) is 35.4 Å². The van der Waals surface area contributed by atoms with Crippen LogP contribution in [0.1, 0.15) is 46.4 Å². The first kappa shape index (κ1) is 28.3. The summed E-state index contributed by atoms with van der Waals surface area (Å²) in [6.07, 6.45) is 2.11. The second-order valence-electron chi connectivity index (χ2n) is 7.54. The quantitative estimate of drug-likeness (QED) is 0.285. The van der Waals surface area contributed by atoms with Crippen molar-refractivity contribution in [3.63, 3.8) is 0 Å². The molecule has 0 bridgehead atoms. The highest BCUT2D eigenvalue weighted by molar-refractivity contribution is 7.99. The van der Waals surface area contributed by atoms with Crippen LogP contribution in [0.3, 0.4) is 0 Å². The van der Waals surface area contributed by atoms with Crippen LogP contribution in [-0.4, -0.2) is 85.0 Å². The van der Waals surface area contributed by atoms with Crippen LogP contribution in [-0.2, 0) is 13.6 Å². The minimum absolute atomic E-state index is 0.00951. The van der Waals surface area contributed by atoms with Gasteiger partial charge in [-0.05, 0) is 60.8 Å². The molecule has 0 spiro atoms. The minimum Gasteiger partial charge on any atom is -0.462 e. The first-order valence-electron chi connectivity index (χ1n) is 10.9. The number of carbonyl (C=O) groups is 2. The summed E-state index contributed by atoms with van der Waals surface area (Å²) in [6, 6.07) is 6.39. The number of benzene rings is 1. The maximum Gasteiger partial charge on any atom is 0.488 e. The topological polar surface area (TPSA) is 143 Å². The molecule has 1 aromatic rings. The van der Waals surface area contributed by atoms with E-state index in [1.165, 1.54) is 0 Å². The number of thioether (sulfide) groups is 2. The Labute approximate surface area is 204 Å². The summed E-state index contributed by atoms with van der Waals surface area (Å²) in [7, 11) is -8.26. The van der Waals surface area contributed by atoms with Crippen LogP contribution < -0.4 is 0 Å². The van der Waals surface area contributed by atoms with E-state index in [0.717, 1.165) is 0 Å². The normalized spacial score (nSPS) is 22.4. The summed E-state index contributed by atoms with van der Waals surface area (Å²) in [5.41, 5.74) is 0.353. The van der Waals surface area contributed by atoms with Gasteiger partial charge in [-0.2, -0.15) is 23.5 Å². The van der Waals surface area contributed by atoms with E-state index >= 15 is 0 Å². The molecule has 0 saturated carbocycles. The lowest BCUT2D eigenvalue weighted by atomic mass is 10.1. The molecule has 2 rings (SSSR count). The number of hydrogen-bond acceptors (Lipinski definition) is 11. The van der Waals surface area contributed by atoms with Crippen molar-refractivity contribution in [1.82, 2.24) is 0 Å². The fourth-order valence-corrected chi connectivity index (χ4v) is 9.47. The van der Waals surface area contributed by atoms with Gasteiger partial charge in [-0.15, -0.1) is 0 Å². The van der Waals surface area contributed by atoms with Gasteiger partial charge in [0.25, 0.3) is 0 Å². The molecule has 0 radical (unpaired) electrons. The van der Waals surface area contributed by atoms with Crippen molar-refractivity contribution in [2.75, 3.05) is 36.2 Å². The molecule has 0 unspecified atom stereocenters. The number of esters is 2.